The van der Waals surface area contributed by atoms with Crippen LogP contribution in [0.2, 0.25) is 0 Å². The Hall–Kier alpha value is -1.83. The third-order valence-electron chi connectivity index (χ3n) is 8.07. The third-order valence-corrected chi connectivity index (χ3v) is 8.07. The molecule has 1 N–H and O–H groups in total. The molecule has 0 unspecified atom stereocenters. The van der Waals surface area contributed by atoms with Crippen LogP contribution in [0.4, 0.5) is 0 Å². The minimum atomic E-state index is -1.19. The van der Waals surface area contributed by atoms with Crippen LogP contribution in [0, 0.1) is 34.5 Å². The summed E-state index contributed by atoms with van der Waals surface area (Å²) in [7, 11) is 0. The van der Waals surface area contributed by atoms with Gasteiger partial charge in [-0.1, -0.05) is 43.9 Å². The maximum Gasteiger partial charge on any atom is 0.333 e. The van der Waals surface area contributed by atoms with Crippen LogP contribution in [-0.2, 0) is 14.3 Å². The molecule has 4 rings (SSSR count). The summed E-state index contributed by atoms with van der Waals surface area (Å²) in [4.78, 5) is 11.3. The van der Waals surface area contributed by atoms with Gasteiger partial charge in [0, 0.05) is 22.6 Å². The van der Waals surface area contributed by atoms with Crippen molar-refractivity contribution in [1.29, 1.82) is 0 Å². The van der Waals surface area contributed by atoms with Crippen LogP contribution in [0.25, 0.3) is 0 Å². The number of carbonyl (C=O) groups excluding carboxylic acids is 1. The lowest BCUT2D eigenvalue weighted by Crippen LogP contribution is -2.49. The first-order valence-electron chi connectivity index (χ1n) is 10.9. The molecule has 0 saturated heterocycles. The number of esters is 1. The highest BCUT2D eigenvalue weighted by Crippen LogP contribution is 2.61. The first kappa shape index (κ1) is 20.4. The van der Waals surface area contributed by atoms with E-state index in [0.717, 1.165) is 12.0 Å². The van der Waals surface area contributed by atoms with Crippen LogP contribution < -0.4 is 0 Å². The molecular weight excluding hydrogens is 364 g/mol. The Morgan fingerprint density at radius 2 is 2.10 bits per heavy atom. The zero-order valence-electron chi connectivity index (χ0n) is 17.8. The number of allylic oxidation sites excluding steroid dienone is 1. The van der Waals surface area contributed by atoms with Gasteiger partial charge in [0.25, 0.3) is 0 Å². The van der Waals surface area contributed by atoms with Crippen molar-refractivity contribution in [2.45, 2.75) is 71.7 Å². The standard InChI is InChI=1S/C25H32O4/c1-16-6-5-7-21-24(16,3)12-10-17(2)25(21,4)13-11-18-8-9-20(28-15-18)19-14-22(26)29-23(19)27/h8,14,17,20-21,23,27H,1,5-7,9-10,12,15H2,2-4H3/t17-,20+,21-,23+,24-,25-/m0/s1. The normalized spacial score (nSPS) is 42.2. The summed E-state index contributed by atoms with van der Waals surface area (Å²) in [5.41, 5.74) is 3.07. The molecule has 2 aliphatic heterocycles. The van der Waals surface area contributed by atoms with Gasteiger partial charge in [-0.3, -0.25) is 0 Å². The number of carbonyl (C=O) groups is 1. The van der Waals surface area contributed by atoms with Gasteiger partial charge in [0.05, 0.1) is 12.7 Å². The fourth-order valence-corrected chi connectivity index (χ4v) is 5.83. The van der Waals surface area contributed by atoms with Crippen LogP contribution in [0.1, 0.15) is 59.3 Å². The molecule has 0 spiro atoms. The average molecular weight is 397 g/mol. The van der Waals surface area contributed by atoms with Crippen molar-refractivity contribution in [3.8, 4) is 11.8 Å². The minimum absolute atomic E-state index is 0.0293. The summed E-state index contributed by atoms with van der Waals surface area (Å²) < 4.78 is 10.7. The molecule has 0 aromatic heterocycles. The van der Waals surface area contributed by atoms with E-state index in [1.54, 1.807) is 0 Å². The van der Waals surface area contributed by atoms with Gasteiger partial charge in [-0.2, -0.15) is 0 Å². The molecule has 4 aliphatic rings. The van der Waals surface area contributed by atoms with E-state index in [4.69, 9.17) is 9.47 Å². The quantitative estimate of drug-likeness (QED) is 0.408. The number of aliphatic hydroxyl groups is 1. The number of rotatable bonds is 1. The molecule has 0 radical (unpaired) electrons. The molecule has 4 nitrogen and oxygen atoms in total. The summed E-state index contributed by atoms with van der Waals surface area (Å²) in [6.07, 6.45) is 8.50. The van der Waals surface area contributed by atoms with E-state index in [1.165, 1.54) is 37.3 Å². The van der Waals surface area contributed by atoms with Gasteiger partial charge < -0.3 is 14.6 Å². The Bertz CT molecular complexity index is 841. The topological polar surface area (TPSA) is 55.8 Å². The summed E-state index contributed by atoms with van der Waals surface area (Å²) in [5, 5.41) is 9.82. The number of fused-ring (bicyclic) bond motifs is 1. The monoisotopic (exact) mass is 396 g/mol. The SMILES string of the molecule is C=C1CCC[C@@H]2[C@@](C)(C#CC3=CC[C@H](C4=CC(=O)O[C@H]4O)OC3)[C@@H](C)CC[C@@]12C. The molecule has 2 fully saturated rings. The maximum atomic E-state index is 11.3. The molecule has 2 saturated carbocycles. The van der Waals surface area contributed by atoms with Crippen molar-refractivity contribution in [3.63, 3.8) is 0 Å². The highest BCUT2D eigenvalue weighted by Gasteiger charge is 2.53. The van der Waals surface area contributed by atoms with Gasteiger partial charge in [-0.05, 0) is 62.7 Å². The predicted molar refractivity (Wildman–Crippen MR) is 111 cm³/mol. The van der Waals surface area contributed by atoms with Gasteiger partial charge in [-0.15, -0.1) is 0 Å². The molecule has 0 amide bonds. The number of aliphatic hydroxyl groups excluding tert-OH is 1. The molecule has 2 heterocycles. The van der Waals surface area contributed by atoms with Crippen molar-refractivity contribution >= 4 is 5.97 Å². The molecule has 6 atom stereocenters. The van der Waals surface area contributed by atoms with Crippen LogP contribution in [0.5, 0.6) is 0 Å². The first-order valence-corrected chi connectivity index (χ1v) is 10.9. The number of hydrogen-bond acceptors (Lipinski definition) is 4. The van der Waals surface area contributed by atoms with Gasteiger partial charge in [0.2, 0.25) is 6.29 Å². The van der Waals surface area contributed by atoms with Gasteiger partial charge in [0.15, 0.2) is 0 Å². The van der Waals surface area contributed by atoms with Crippen LogP contribution in [0.3, 0.4) is 0 Å². The van der Waals surface area contributed by atoms with Gasteiger partial charge >= 0.3 is 5.97 Å². The van der Waals surface area contributed by atoms with E-state index >= 15 is 0 Å². The summed E-state index contributed by atoms with van der Waals surface area (Å²) in [6, 6.07) is 0. The zero-order valence-corrected chi connectivity index (χ0v) is 17.8. The van der Waals surface area contributed by atoms with E-state index in [2.05, 4.69) is 45.3 Å². The van der Waals surface area contributed by atoms with E-state index in [1.807, 2.05) is 0 Å². The van der Waals surface area contributed by atoms with Crippen molar-refractivity contribution in [3.05, 3.63) is 35.5 Å². The lowest BCUT2D eigenvalue weighted by molar-refractivity contribution is -0.152. The summed E-state index contributed by atoms with van der Waals surface area (Å²) >= 11 is 0. The van der Waals surface area contributed by atoms with E-state index < -0.39 is 12.3 Å². The Balaban J connectivity index is 1.53. The van der Waals surface area contributed by atoms with Gasteiger partial charge in [0.1, 0.15) is 0 Å². The summed E-state index contributed by atoms with van der Waals surface area (Å²) in [6.45, 7) is 11.9. The fourth-order valence-electron chi connectivity index (χ4n) is 5.83. The van der Waals surface area contributed by atoms with Gasteiger partial charge in [-0.25, -0.2) is 4.79 Å². The average Bonchev–Trinajstić information content (AvgIpc) is 3.04. The number of ether oxygens (including phenoxy) is 2. The molecule has 4 heteroatoms. The van der Waals surface area contributed by atoms with E-state index in [9.17, 15) is 9.90 Å². The highest BCUT2D eigenvalue weighted by atomic mass is 16.6. The Morgan fingerprint density at radius 1 is 1.31 bits per heavy atom. The Kier molecular flexibility index (Phi) is 5.25. The van der Waals surface area contributed by atoms with Crippen molar-refractivity contribution in [2.24, 2.45) is 22.7 Å². The van der Waals surface area contributed by atoms with Crippen molar-refractivity contribution in [2.75, 3.05) is 6.61 Å². The fraction of sp³-hybridized carbons (Fsp3) is 0.640. The first-order chi connectivity index (χ1) is 13.7. The van der Waals surface area contributed by atoms with Crippen LogP contribution in [-0.4, -0.2) is 30.1 Å². The molecule has 2 aliphatic carbocycles. The molecule has 156 valence electrons. The predicted octanol–water partition coefficient (Wildman–Crippen LogP) is 4.31. The van der Waals surface area contributed by atoms with E-state index in [0.29, 0.717) is 30.4 Å². The van der Waals surface area contributed by atoms with Crippen molar-refractivity contribution < 1.29 is 19.4 Å². The Labute approximate surface area is 174 Å². The molecule has 0 aromatic carbocycles. The maximum absolute atomic E-state index is 11.3. The lowest BCUT2D eigenvalue weighted by Gasteiger charge is -2.56. The van der Waals surface area contributed by atoms with Crippen LogP contribution in [0.15, 0.2) is 35.5 Å². The molecule has 0 aromatic rings. The second kappa shape index (κ2) is 7.45. The molecule has 29 heavy (non-hydrogen) atoms. The number of cyclic esters (lactones) is 1. The zero-order chi connectivity index (χ0) is 20.8. The molecule has 0 bridgehead atoms. The largest absolute Gasteiger partial charge is 0.429 e. The Morgan fingerprint density at radius 3 is 2.76 bits per heavy atom. The molecular formula is C25H32O4. The van der Waals surface area contributed by atoms with E-state index in [-0.39, 0.29) is 16.9 Å². The second-order valence-corrected chi connectivity index (χ2v) is 9.64. The lowest BCUT2D eigenvalue weighted by atomic mass is 9.47. The third kappa shape index (κ3) is 3.49. The van der Waals surface area contributed by atoms with Crippen LogP contribution >= 0.6 is 0 Å². The minimum Gasteiger partial charge on any atom is -0.429 e. The highest BCUT2D eigenvalue weighted by molar-refractivity contribution is 5.85. The summed E-state index contributed by atoms with van der Waals surface area (Å²) in [5.74, 6) is 7.71. The smallest absolute Gasteiger partial charge is 0.333 e. The second-order valence-electron chi connectivity index (χ2n) is 9.64. The number of hydrogen-bond donors (Lipinski definition) is 1. The van der Waals surface area contributed by atoms with Crippen molar-refractivity contribution in [1.82, 2.24) is 0 Å².